The predicted molar refractivity (Wildman–Crippen MR) is 73.1 cm³/mol. The molecule has 2 unspecified atom stereocenters. The fourth-order valence-corrected chi connectivity index (χ4v) is 1.67. The quantitative estimate of drug-likeness (QED) is 0.829. The number of hydrogen-bond acceptors (Lipinski definition) is 3. The van der Waals surface area contributed by atoms with Gasteiger partial charge >= 0.3 is 0 Å². The lowest BCUT2D eigenvalue weighted by Crippen LogP contribution is -2.44. The zero-order valence-corrected chi connectivity index (χ0v) is 11.9. The SMILES string of the molecule is CC(C)CNC(=O)C(C)NC(C)c1cncc(F)c1. The van der Waals surface area contributed by atoms with Gasteiger partial charge in [-0.1, -0.05) is 13.8 Å². The fourth-order valence-electron chi connectivity index (χ4n) is 1.67. The average molecular weight is 267 g/mol. The van der Waals surface area contributed by atoms with Crippen molar-refractivity contribution < 1.29 is 9.18 Å². The topological polar surface area (TPSA) is 54.0 Å². The molecule has 0 radical (unpaired) electrons. The van der Waals surface area contributed by atoms with Crippen molar-refractivity contribution in [3.8, 4) is 0 Å². The molecular formula is C14H22FN3O. The first kappa shape index (κ1) is 15.6. The van der Waals surface area contributed by atoms with Gasteiger partial charge in [0.15, 0.2) is 0 Å². The molecular weight excluding hydrogens is 245 g/mol. The van der Waals surface area contributed by atoms with Crippen molar-refractivity contribution in [2.24, 2.45) is 5.92 Å². The molecule has 1 heterocycles. The molecule has 2 atom stereocenters. The van der Waals surface area contributed by atoms with E-state index >= 15 is 0 Å². The minimum atomic E-state index is -0.372. The van der Waals surface area contributed by atoms with Crippen molar-refractivity contribution in [2.45, 2.75) is 39.8 Å². The van der Waals surface area contributed by atoms with E-state index < -0.39 is 0 Å². The monoisotopic (exact) mass is 267 g/mol. The van der Waals surface area contributed by atoms with Crippen molar-refractivity contribution in [1.29, 1.82) is 0 Å². The van der Waals surface area contributed by atoms with E-state index in [1.54, 1.807) is 13.1 Å². The summed E-state index contributed by atoms with van der Waals surface area (Å²) < 4.78 is 13.1. The first-order chi connectivity index (χ1) is 8.90. The smallest absolute Gasteiger partial charge is 0.236 e. The van der Waals surface area contributed by atoms with Gasteiger partial charge in [0.2, 0.25) is 5.91 Å². The number of carbonyl (C=O) groups excluding carboxylic acids is 1. The third kappa shape index (κ3) is 5.34. The third-order valence-corrected chi connectivity index (χ3v) is 2.80. The molecule has 0 bridgehead atoms. The van der Waals surface area contributed by atoms with Gasteiger partial charge in [0.25, 0.3) is 0 Å². The average Bonchev–Trinajstić information content (AvgIpc) is 2.35. The van der Waals surface area contributed by atoms with E-state index in [2.05, 4.69) is 15.6 Å². The van der Waals surface area contributed by atoms with Gasteiger partial charge in [-0.2, -0.15) is 0 Å². The summed E-state index contributed by atoms with van der Waals surface area (Å²) in [5, 5.41) is 5.99. The van der Waals surface area contributed by atoms with Gasteiger partial charge in [-0.3, -0.25) is 15.1 Å². The summed E-state index contributed by atoms with van der Waals surface area (Å²) in [6, 6.07) is 0.948. The first-order valence-corrected chi connectivity index (χ1v) is 6.54. The molecule has 0 aromatic carbocycles. The standard InChI is InChI=1S/C14H22FN3O/c1-9(2)6-17-14(19)11(4)18-10(3)12-5-13(15)8-16-7-12/h5,7-11,18H,6H2,1-4H3,(H,17,19). The first-order valence-electron chi connectivity index (χ1n) is 6.54. The van der Waals surface area contributed by atoms with Crippen LogP contribution < -0.4 is 10.6 Å². The molecule has 2 N–H and O–H groups in total. The summed E-state index contributed by atoms with van der Waals surface area (Å²) >= 11 is 0. The molecule has 0 fully saturated rings. The van der Waals surface area contributed by atoms with Crippen LogP contribution in [-0.4, -0.2) is 23.5 Å². The van der Waals surface area contributed by atoms with Gasteiger partial charge in [0.1, 0.15) is 5.82 Å². The molecule has 0 aliphatic rings. The number of hydrogen-bond donors (Lipinski definition) is 2. The Morgan fingerprint density at radius 3 is 2.58 bits per heavy atom. The lowest BCUT2D eigenvalue weighted by atomic mass is 10.1. The summed E-state index contributed by atoms with van der Waals surface area (Å²) in [5.41, 5.74) is 0.725. The Balaban J connectivity index is 2.51. The van der Waals surface area contributed by atoms with Crippen LogP contribution >= 0.6 is 0 Å². The third-order valence-electron chi connectivity index (χ3n) is 2.80. The number of aromatic nitrogens is 1. The van der Waals surface area contributed by atoms with Gasteiger partial charge in [0, 0.05) is 18.8 Å². The van der Waals surface area contributed by atoms with Crippen molar-refractivity contribution in [3.63, 3.8) is 0 Å². The molecule has 1 rings (SSSR count). The molecule has 19 heavy (non-hydrogen) atoms. The van der Waals surface area contributed by atoms with Crippen LogP contribution in [0.4, 0.5) is 4.39 Å². The van der Waals surface area contributed by atoms with E-state index in [1.165, 1.54) is 6.07 Å². The number of halogens is 1. The Morgan fingerprint density at radius 2 is 2.00 bits per heavy atom. The molecule has 5 heteroatoms. The van der Waals surface area contributed by atoms with Crippen LogP contribution in [0.5, 0.6) is 0 Å². The van der Waals surface area contributed by atoms with Crippen molar-refractivity contribution in [2.75, 3.05) is 6.54 Å². The molecule has 0 aliphatic heterocycles. The second kappa shape index (κ2) is 7.19. The highest BCUT2D eigenvalue weighted by atomic mass is 19.1. The lowest BCUT2D eigenvalue weighted by molar-refractivity contribution is -0.123. The molecule has 1 aromatic rings. The molecule has 1 amide bonds. The van der Waals surface area contributed by atoms with Crippen LogP contribution in [0.15, 0.2) is 18.5 Å². The van der Waals surface area contributed by atoms with E-state index in [0.29, 0.717) is 12.5 Å². The molecule has 0 saturated carbocycles. The maximum absolute atomic E-state index is 13.1. The maximum atomic E-state index is 13.1. The highest BCUT2D eigenvalue weighted by molar-refractivity contribution is 5.81. The second-order valence-corrected chi connectivity index (χ2v) is 5.19. The van der Waals surface area contributed by atoms with Crippen LogP contribution in [0.1, 0.15) is 39.3 Å². The summed E-state index contributed by atoms with van der Waals surface area (Å²) in [6.45, 7) is 8.40. The molecule has 4 nitrogen and oxygen atoms in total. The number of amides is 1. The van der Waals surface area contributed by atoms with Crippen LogP contribution in [0.2, 0.25) is 0 Å². The molecule has 106 valence electrons. The number of carbonyl (C=O) groups is 1. The zero-order valence-electron chi connectivity index (χ0n) is 11.9. The van der Waals surface area contributed by atoms with Crippen molar-refractivity contribution in [1.82, 2.24) is 15.6 Å². The summed E-state index contributed by atoms with van der Waals surface area (Å²) in [7, 11) is 0. The second-order valence-electron chi connectivity index (χ2n) is 5.19. The zero-order chi connectivity index (χ0) is 14.4. The Bertz CT molecular complexity index is 423. The highest BCUT2D eigenvalue weighted by Crippen LogP contribution is 2.12. The number of nitrogens with one attached hydrogen (secondary N) is 2. The van der Waals surface area contributed by atoms with E-state index in [-0.39, 0.29) is 23.8 Å². The number of nitrogens with zero attached hydrogens (tertiary/aromatic N) is 1. The number of pyridine rings is 1. The molecule has 1 aromatic heterocycles. The summed E-state index contributed by atoms with van der Waals surface area (Å²) in [4.78, 5) is 15.6. The Labute approximate surface area is 113 Å². The summed E-state index contributed by atoms with van der Waals surface area (Å²) in [5.74, 6) is -0.00559. The van der Waals surface area contributed by atoms with Crippen LogP contribution in [0, 0.1) is 11.7 Å². The van der Waals surface area contributed by atoms with Crippen LogP contribution in [-0.2, 0) is 4.79 Å². The lowest BCUT2D eigenvalue weighted by Gasteiger charge is -2.20. The normalized spacial score (nSPS) is 14.2. The van der Waals surface area contributed by atoms with Crippen LogP contribution in [0.3, 0.4) is 0 Å². The maximum Gasteiger partial charge on any atom is 0.236 e. The Kier molecular flexibility index (Phi) is 5.89. The molecule has 0 aliphatic carbocycles. The van der Waals surface area contributed by atoms with Gasteiger partial charge < -0.3 is 5.32 Å². The Morgan fingerprint density at radius 1 is 1.32 bits per heavy atom. The van der Waals surface area contributed by atoms with E-state index in [1.807, 2.05) is 20.8 Å². The molecule has 0 spiro atoms. The van der Waals surface area contributed by atoms with E-state index in [9.17, 15) is 9.18 Å². The van der Waals surface area contributed by atoms with Crippen molar-refractivity contribution in [3.05, 3.63) is 29.8 Å². The fraction of sp³-hybridized carbons (Fsp3) is 0.571. The minimum absolute atomic E-state index is 0.0510. The number of rotatable bonds is 6. The van der Waals surface area contributed by atoms with Gasteiger partial charge in [-0.15, -0.1) is 0 Å². The van der Waals surface area contributed by atoms with Gasteiger partial charge in [-0.25, -0.2) is 4.39 Å². The van der Waals surface area contributed by atoms with Crippen molar-refractivity contribution >= 4 is 5.91 Å². The van der Waals surface area contributed by atoms with Gasteiger partial charge in [0.05, 0.1) is 12.2 Å². The Hall–Kier alpha value is -1.49. The minimum Gasteiger partial charge on any atom is -0.354 e. The van der Waals surface area contributed by atoms with Gasteiger partial charge in [-0.05, 0) is 31.4 Å². The van der Waals surface area contributed by atoms with Crippen LogP contribution in [0.25, 0.3) is 0 Å². The largest absolute Gasteiger partial charge is 0.354 e. The predicted octanol–water partition coefficient (Wildman–Crippen LogP) is 2.03. The van der Waals surface area contributed by atoms with E-state index in [4.69, 9.17) is 0 Å². The highest BCUT2D eigenvalue weighted by Gasteiger charge is 2.16. The summed E-state index contributed by atoms with van der Waals surface area (Å²) in [6.07, 6.45) is 2.76. The molecule has 0 saturated heterocycles. The van der Waals surface area contributed by atoms with E-state index in [0.717, 1.165) is 11.8 Å².